The van der Waals surface area contributed by atoms with Crippen LogP contribution in [-0.4, -0.2) is 21.0 Å². The molecule has 2 rings (SSSR count). The summed E-state index contributed by atoms with van der Waals surface area (Å²) in [4.78, 5) is 25.2. The molecule has 6 nitrogen and oxygen atoms in total. The molecule has 0 saturated heterocycles. The summed E-state index contributed by atoms with van der Waals surface area (Å²) in [5, 5.41) is 20.1. The van der Waals surface area contributed by atoms with E-state index in [0.717, 1.165) is 17.8 Å². The van der Waals surface area contributed by atoms with Crippen molar-refractivity contribution in [3.63, 3.8) is 0 Å². The summed E-state index contributed by atoms with van der Waals surface area (Å²) < 4.78 is 13.4. The van der Waals surface area contributed by atoms with Crippen LogP contribution in [0.25, 0.3) is 0 Å². The Bertz CT molecular complexity index is 741. The molecular formula is C12H6BrFN2O4S. The number of carboxylic acid groups (broad SMARTS) is 1. The molecule has 0 atom stereocenters. The van der Waals surface area contributed by atoms with Crippen molar-refractivity contribution in [3.8, 4) is 0 Å². The highest BCUT2D eigenvalue weighted by Crippen LogP contribution is 2.37. The molecule has 0 aliphatic carbocycles. The second kappa shape index (κ2) is 6.19. The van der Waals surface area contributed by atoms with Gasteiger partial charge in [0.1, 0.15) is 10.8 Å². The van der Waals surface area contributed by atoms with Crippen molar-refractivity contribution < 1.29 is 19.2 Å². The smallest absolute Gasteiger partial charge is 0.335 e. The predicted octanol–water partition coefficient (Wildman–Crippen LogP) is 3.74. The van der Waals surface area contributed by atoms with Crippen LogP contribution in [0.15, 0.2) is 44.9 Å². The van der Waals surface area contributed by atoms with Crippen LogP contribution < -0.4 is 0 Å². The number of nitro benzene ring substituents is 1. The second-order valence-corrected chi connectivity index (χ2v) is 5.70. The average Bonchev–Trinajstić information content (AvgIpc) is 2.42. The van der Waals surface area contributed by atoms with Gasteiger partial charge in [0, 0.05) is 6.20 Å². The summed E-state index contributed by atoms with van der Waals surface area (Å²) in [6, 6.07) is 4.65. The molecule has 2 aromatic rings. The van der Waals surface area contributed by atoms with Gasteiger partial charge in [-0.2, -0.15) is 0 Å². The number of benzene rings is 1. The number of pyridine rings is 1. The third kappa shape index (κ3) is 3.56. The van der Waals surface area contributed by atoms with Crippen LogP contribution in [0.1, 0.15) is 10.4 Å². The van der Waals surface area contributed by atoms with Gasteiger partial charge in [0.05, 0.1) is 25.9 Å². The minimum Gasteiger partial charge on any atom is -0.478 e. The first-order valence-electron chi connectivity index (χ1n) is 5.39. The highest BCUT2D eigenvalue weighted by molar-refractivity contribution is 9.10. The summed E-state index contributed by atoms with van der Waals surface area (Å²) in [6.45, 7) is 0. The Kier molecular flexibility index (Phi) is 4.53. The molecule has 0 bridgehead atoms. The molecule has 1 aromatic carbocycles. The Labute approximate surface area is 130 Å². The van der Waals surface area contributed by atoms with Gasteiger partial charge in [-0.25, -0.2) is 14.2 Å². The molecule has 0 unspecified atom stereocenters. The Balaban J connectivity index is 2.43. The maximum atomic E-state index is 13.4. The Morgan fingerprint density at radius 2 is 2.14 bits per heavy atom. The van der Waals surface area contributed by atoms with Crippen molar-refractivity contribution in [2.24, 2.45) is 0 Å². The van der Waals surface area contributed by atoms with Crippen molar-refractivity contribution in [1.82, 2.24) is 4.98 Å². The van der Waals surface area contributed by atoms with E-state index in [9.17, 15) is 19.3 Å². The van der Waals surface area contributed by atoms with Gasteiger partial charge in [-0.3, -0.25) is 10.1 Å². The van der Waals surface area contributed by atoms with E-state index in [1.165, 1.54) is 24.4 Å². The normalized spacial score (nSPS) is 10.4. The van der Waals surface area contributed by atoms with Gasteiger partial charge in [0.25, 0.3) is 5.69 Å². The van der Waals surface area contributed by atoms with E-state index in [-0.39, 0.29) is 20.0 Å². The van der Waals surface area contributed by atoms with Gasteiger partial charge < -0.3 is 5.11 Å². The Morgan fingerprint density at radius 3 is 2.76 bits per heavy atom. The van der Waals surface area contributed by atoms with Gasteiger partial charge in [-0.1, -0.05) is 11.8 Å². The van der Waals surface area contributed by atoms with E-state index in [2.05, 4.69) is 20.9 Å². The molecule has 0 aliphatic heterocycles. The fourth-order valence-electron chi connectivity index (χ4n) is 1.45. The van der Waals surface area contributed by atoms with Gasteiger partial charge in [0.15, 0.2) is 0 Å². The number of carboxylic acids is 1. The average molecular weight is 373 g/mol. The first-order valence-corrected chi connectivity index (χ1v) is 7.00. The minimum atomic E-state index is -1.13. The quantitative estimate of drug-likeness (QED) is 0.648. The van der Waals surface area contributed by atoms with Crippen molar-refractivity contribution in [2.45, 2.75) is 9.92 Å². The molecule has 1 aromatic heterocycles. The fraction of sp³-hybridized carbons (Fsp3) is 0. The molecule has 1 N–H and O–H groups in total. The van der Waals surface area contributed by atoms with Crippen LogP contribution in [0.5, 0.6) is 0 Å². The van der Waals surface area contributed by atoms with E-state index >= 15 is 0 Å². The van der Waals surface area contributed by atoms with E-state index < -0.39 is 22.4 Å². The monoisotopic (exact) mass is 372 g/mol. The molecular weight excluding hydrogens is 367 g/mol. The van der Waals surface area contributed by atoms with Crippen LogP contribution in [0, 0.1) is 15.9 Å². The number of rotatable bonds is 4. The zero-order chi connectivity index (χ0) is 15.6. The number of hydrogen-bond donors (Lipinski definition) is 1. The van der Waals surface area contributed by atoms with E-state index in [1.54, 1.807) is 0 Å². The topological polar surface area (TPSA) is 93.3 Å². The third-order valence-electron chi connectivity index (χ3n) is 2.39. The van der Waals surface area contributed by atoms with Gasteiger partial charge >= 0.3 is 5.97 Å². The van der Waals surface area contributed by atoms with E-state index in [4.69, 9.17) is 5.11 Å². The molecule has 9 heteroatoms. The highest BCUT2D eigenvalue weighted by atomic mass is 79.9. The van der Waals surface area contributed by atoms with Crippen molar-refractivity contribution in [3.05, 3.63) is 56.4 Å². The van der Waals surface area contributed by atoms with Gasteiger partial charge in [0.2, 0.25) is 0 Å². The van der Waals surface area contributed by atoms with Crippen LogP contribution in [-0.2, 0) is 0 Å². The van der Waals surface area contributed by atoms with Crippen LogP contribution in [0.4, 0.5) is 10.1 Å². The summed E-state index contributed by atoms with van der Waals surface area (Å²) in [5.41, 5.74) is -0.403. The number of halogens is 2. The molecule has 21 heavy (non-hydrogen) atoms. The van der Waals surface area contributed by atoms with E-state index in [0.29, 0.717) is 0 Å². The van der Waals surface area contributed by atoms with Crippen molar-refractivity contribution in [1.29, 1.82) is 0 Å². The number of nitrogens with zero attached hydrogens (tertiary/aromatic N) is 2. The van der Waals surface area contributed by atoms with Gasteiger partial charge in [-0.15, -0.1) is 0 Å². The van der Waals surface area contributed by atoms with Crippen molar-refractivity contribution >= 4 is 39.3 Å². The predicted molar refractivity (Wildman–Crippen MR) is 76.1 cm³/mol. The fourth-order valence-corrected chi connectivity index (χ4v) is 2.89. The summed E-state index contributed by atoms with van der Waals surface area (Å²) in [5.74, 6) is -1.88. The van der Waals surface area contributed by atoms with Crippen LogP contribution in [0.2, 0.25) is 0 Å². The minimum absolute atomic E-state index is 0.0105. The first kappa shape index (κ1) is 15.4. The number of aromatic carboxylic acids is 1. The number of carbonyl (C=O) groups is 1. The number of hydrogen-bond acceptors (Lipinski definition) is 5. The Morgan fingerprint density at radius 1 is 1.43 bits per heavy atom. The Hall–Kier alpha value is -2.00. The number of aromatic nitrogens is 1. The summed E-state index contributed by atoms with van der Waals surface area (Å²) in [6.07, 6.45) is 1.29. The molecule has 0 radical (unpaired) electrons. The highest BCUT2D eigenvalue weighted by Gasteiger charge is 2.19. The van der Waals surface area contributed by atoms with Crippen molar-refractivity contribution in [2.75, 3.05) is 0 Å². The molecule has 0 aliphatic rings. The zero-order valence-corrected chi connectivity index (χ0v) is 12.5. The van der Waals surface area contributed by atoms with Crippen LogP contribution in [0.3, 0.4) is 0 Å². The van der Waals surface area contributed by atoms with Crippen LogP contribution >= 0.6 is 27.7 Å². The first-order chi connectivity index (χ1) is 9.88. The molecule has 0 amide bonds. The largest absolute Gasteiger partial charge is 0.478 e. The zero-order valence-electron chi connectivity index (χ0n) is 10.1. The van der Waals surface area contributed by atoms with E-state index in [1.807, 2.05) is 0 Å². The number of nitro groups is 1. The lowest BCUT2D eigenvalue weighted by atomic mass is 10.3. The molecule has 1 heterocycles. The standard InChI is InChI=1S/C12H6BrFN2O4S/c13-7-4-10(9(16(19)20)5-8(7)14)21-11-3-6(12(17)18)1-2-15-11/h1-5H,(H,17,18). The second-order valence-electron chi connectivity index (χ2n) is 3.78. The SMILES string of the molecule is O=C(O)c1ccnc(Sc2cc(Br)c(F)cc2[N+](=O)[O-])c1. The molecule has 0 spiro atoms. The lowest BCUT2D eigenvalue weighted by Crippen LogP contribution is -1.97. The molecule has 0 saturated carbocycles. The summed E-state index contributed by atoms with van der Waals surface area (Å²) >= 11 is 3.84. The van der Waals surface area contributed by atoms with Gasteiger partial charge in [-0.05, 0) is 34.1 Å². The molecule has 108 valence electrons. The maximum Gasteiger partial charge on any atom is 0.335 e. The lowest BCUT2D eigenvalue weighted by molar-refractivity contribution is -0.387. The summed E-state index contributed by atoms with van der Waals surface area (Å²) in [7, 11) is 0. The maximum absolute atomic E-state index is 13.4. The third-order valence-corrected chi connectivity index (χ3v) is 3.98. The molecule has 0 fully saturated rings. The lowest BCUT2D eigenvalue weighted by Gasteiger charge is -2.04.